The Morgan fingerprint density at radius 3 is 2.57 bits per heavy atom. The lowest BCUT2D eigenvalue weighted by Crippen LogP contribution is -2.34. The summed E-state index contributed by atoms with van der Waals surface area (Å²) in [6.45, 7) is 0.619. The molecule has 0 atom stereocenters. The van der Waals surface area contributed by atoms with Gasteiger partial charge in [0.1, 0.15) is 11.3 Å². The monoisotopic (exact) mass is 378 g/mol. The lowest BCUT2D eigenvalue weighted by Gasteiger charge is -2.16. The van der Waals surface area contributed by atoms with Gasteiger partial charge in [0.05, 0.1) is 19.2 Å². The van der Waals surface area contributed by atoms with E-state index in [1.807, 2.05) is 47.1 Å². The molecule has 0 spiro atoms. The van der Waals surface area contributed by atoms with E-state index in [0.717, 1.165) is 35.2 Å². The molecule has 146 valence electrons. The Kier molecular flexibility index (Phi) is 5.55. The van der Waals surface area contributed by atoms with Crippen molar-refractivity contribution in [1.29, 1.82) is 0 Å². The number of fused-ring (bicyclic) bond motifs is 1. The zero-order valence-corrected chi connectivity index (χ0v) is 16.2. The number of nitrogens with zero attached hydrogens (tertiary/aromatic N) is 3. The third-order valence-electron chi connectivity index (χ3n) is 5.46. The van der Waals surface area contributed by atoms with Crippen LogP contribution in [0.2, 0.25) is 0 Å². The average Bonchev–Trinajstić information content (AvgIpc) is 2.94. The topological polar surface area (TPSA) is 69.0 Å². The fraction of sp³-hybridized carbons (Fsp3) is 0.409. The lowest BCUT2D eigenvalue weighted by molar-refractivity contribution is 0.0933. The molecule has 1 heterocycles. The molecule has 0 saturated heterocycles. The minimum Gasteiger partial charge on any atom is -0.497 e. The van der Waals surface area contributed by atoms with Gasteiger partial charge in [0.15, 0.2) is 0 Å². The van der Waals surface area contributed by atoms with Crippen molar-refractivity contribution in [2.45, 2.75) is 51.1 Å². The van der Waals surface area contributed by atoms with E-state index in [9.17, 15) is 4.79 Å². The fourth-order valence-corrected chi connectivity index (χ4v) is 3.83. The molecule has 0 bridgehead atoms. The highest BCUT2D eigenvalue weighted by molar-refractivity contribution is 5.97. The summed E-state index contributed by atoms with van der Waals surface area (Å²) in [6.07, 6.45) is 7.09. The Morgan fingerprint density at radius 1 is 1.11 bits per heavy atom. The zero-order chi connectivity index (χ0) is 19.3. The van der Waals surface area contributed by atoms with Gasteiger partial charge in [-0.15, -0.1) is 5.10 Å². The molecular weight excluding hydrogens is 352 g/mol. The molecule has 1 aliphatic carbocycles. The highest BCUT2D eigenvalue weighted by Crippen LogP contribution is 2.19. The van der Waals surface area contributed by atoms with Crippen LogP contribution < -0.4 is 10.1 Å². The van der Waals surface area contributed by atoms with Gasteiger partial charge in [-0.3, -0.25) is 4.79 Å². The third-order valence-corrected chi connectivity index (χ3v) is 5.46. The number of rotatable bonds is 5. The van der Waals surface area contributed by atoms with Gasteiger partial charge < -0.3 is 10.1 Å². The Morgan fingerprint density at radius 2 is 1.86 bits per heavy atom. The Hall–Kier alpha value is -2.89. The standard InChI is InChI=1S/C22H26N4O2/c1-28-19-11-8-16(9-12-19)15-26-21-13-10-17(14-20(21)24-25-26)22(27)23-18-6-4-2-3-5-7-18/h8-14,18H,2-7,15H2,1H3,(H,23,27). The lowest BCUT2D eigenvalue weighted by atomic mass is 10.1. The van der Waals surface area contributed by atoms with Crippen molar-refractivity contribution in [1.82, 2.24) is 20.3 Å². The number of ether oxygens (including phenoxy) is 1. The molecule has 2 aromatic carbocycles. The zero-order valence-electron chi connectivity index (χ0n) is 16.2. The van der Waals surface area contributed by atoms with Gasteiger partial charge in [-0.05, 0) is 48.7 Å². The van der Waals surface area contributed by atoms with Crippen molar-refractivity contribution in [3.05, 3.63) is 53.6 Å². The molecule has 1 fully saturated rings. The average molecular weight is 378 g/mol. The molecule has 1 aromatic heterocycles. The van der Waals surface area contributed by atoms with Crippen LogP contribution in [0.25, 0.3) is 11.0 Å². The first kappa shape index (κ1) is 18.5. The summed E-state index contributed by atoms with van der Waals surface area (Å²) in [5.74, 6) is 0.815. The maximum Gasteiger partial charge on any atom is 0.251 e. The molecule has 28 heavy (non-hydrogen) atoms. The van der Waals surface area contributed by atoms with Gasteiger partial charge in [-0.1, -0.05) is 43.0 Å². The summed E-state index contributed by atoms with van der Waals surface area (Å²) >= 11 is 0. The van der Waals surface area contributed by atoms with Crippen LogP contribution in [0.1, 0.15) is 54.4 Å². The van der Waals surface area contributed by atoms with Crippen LogP contribution in [0.5, 0.6) is 5.75 Å². The van der Waals surface area contributed by atoms with Crippen molar-refractivity contribution in [3.63, 3.8) is 0 Å². The Labute approximate surface area is 164 Å². The van der Waals surface area contributed by atoms with Gasteiger partial charge in [-0.2, -0.15) is 0 Å². The molecule has 0 unspecified atom stereocenters. The number of methoxy groups -OCH3 is 1. The smallest absolute Gasteiger partial charge is 0.251 e. The highest BCUT2D eigenvalue weighted by atomic mass is 16.5. The number of hydrogen-bond donors (Lipinski definition) is 1. The molecule has 6 nitrogen and oxygen atoms in total. The van der Waals surface area contributed by atoms with Crippen LogP contribution in [0.15, 0.2) is 42.5 Å². The first-order valence-corrected chi connectivity index (χ1v) is 10.00. The van der Waals surface area contributed by atoms with Crippen LogP contribution in [-0.2, 0) is 6.54 Å². The Bertz CT molecular complexity index is 941. The molecule has 1 N–H and O–H groups in total. The summed E-state index contributed by atoms with van der Waals surface area (Å²) < 4.78 is 7.05. The normalized spacial score (nSPS) is 15.3. The van der Waals surface area contributed by atoms with Gasteiger partial charge in [-0.25, -0.2) is 4.68 Å². The second-order valence-electron chi connectivity index (χ2n) is 7.46. The highest BCUT2D eigenvalue weighted by Gasteiger charge is 2.17. The maximum atomic E-state index is 12.6. The largest absolute Gasteiger partial charge is 0.497 e. The third kappa shape index (κ3) is 4.16. The first-order chi connectivity index (χ1) is 13.7. The number of aromatic nitrogens is 3. The van der Waals surface area contributed by atoms with Crippen molar-refractivity contribution < 1.29 is 9.53 Å². The van der Waals surface area contributed by atoms with Gasteiger partial charge in [0.2, 0.25) is 0 Å². The molecule has 0 aliphatic heterocycles. The fourth-order valence-electron chi connectivity index (χ4n) is 3.83. The summed E-state index contributed by atoms with van der Waals surface area (Å²) in [6, 6.07) is 13.8. The minimum absolute atomic E-state index is 0.0153. The minimum atomic E-state index is -0.0153. The molecule has 6 heteroatoms. The molecule has 1 amide bonds. The van der Waals surface area contributed by atoms with Crippen LogP contribution in [-0.4, -0.2) is 34.1 Å². The van der Waals surface area contributed by atoms with Gasteiger partial charge in [0, 0.05) is 11.6 Å². The summed E-state index contributed by atoms with van der Waals surface area (Å²) in [5, 5.41) is 11.7. The van der Waals surface area contributed by atoms with E-state index in [4.69, 9.17) is 4.74 Å². The second-order valence-corrected chi connectivity index (χ2v) is 7.46. The number of hydrogen-bond acceptors (Lipinski definition) is 4. The van der Waals surface area contributed by atoms with Gasteiger partial charge >= 0.3 is 0 Å². The van der Waals surface area contributed by atoms with Crippen molar-refractivity contribution in [3.8, 4) is 5.75 Å². The van der Waals surface area contributed by atoms with Crippen molar-refractivity contribution >= 4 is 16.9 Å². The Balaban J connectivity index is 1.48. The molecule has 1 saturated carbocycles. The van der Waals surface area contributed by atoms with E-state index in [1.54, 1.807) is 7.11 Å². The van der Waals surface area contributed by atoms with E-state index in [0.29, 0.717) is 12.1 Å². The molecule has 1 aliphatic rings. The van der Waals surface area contributed by atoms with Crippen molar-refractivity contribution in [2.75, 3.05) is 7.11 Å². The number of amides is 1. The van der Waals surface area contributed by atoms with E-state index >= 15 is 0 Å². The van der Waals surface area contributed by atoms with E-state index in [1.165, 1.54) is 25.7 Å². The summed E-state index contributed by atoms with van der Waals surface area (Å²) in [5.41, 5.74) is 3.42. The van der Waals surface area contributed by atoms with Crippen LogP contribution in [0.4, 0.5) is 0 Å². The molecular formula is C22H26N4O2. The number of carbonyl (C=O) groups is 1. The van der Waals surface area contributed by atoms with Crippen LogP contribution in [0.3, 0.4) is 0 Å². The SMILES string of the molecule is COc1ccc(Cn2nnc3cc(C(=O)NC4CCCCCC4)ccc32)cc1. The number of benzene rings is 2. The maximum absolute atomic E-state index is 12.6. The number of nitrogens with one attached hydrogen (secondary N) is 1. The molecule has 0 radical (unpaired) electrons. The summed E-state index contributed by atoms with van der Waals surface area (Å²) in [7, 11) is 1.66. The first-order valence-electron chi connectivity index (χ1n) is 10.00. The van der Waals surface area contributed by atoms with E-state index < -0.39 is 0 Å². The predicted molar refractivity (Wildman–Crippen MR) is 109 cm³/mol. The molecule has 4 rings (SSSR count). The second kappa shape index (κ2) is 8.42. The van der Waals surface area contributed by atoms with Crippen molar-refractivity contribution in [2.24, 2.45) is 0 Å². The van der Waals surface area contributed by atoms with E-state index in [-0.39, 0.29) is 11.9 Å². The van der Waals surface area contributed by atoms with Gasteiger partial charge in [0.25, 0.3) is 5.91 Å². The van der Waals surface area contributed by atoms with Crippen LogP contribution >= 0.6 is 0 Å². The van der Waals surface area contributed by atoms with Crippen LogP contribution in [0, 0.1) is 0 Å². The summed E-state index contributed by atoms with van der Waals surface area (Å²) in [4.78, 5) is 12.6. The number of carbonyl (C=O) groups excluding carboxylic acids is 1. The van der Waals surface area contributed by atoms with E-state index in [2.05, 4.69) is 15.6 Å². The molecule has 3 aromatic rings. The predicted octanol–water partition coefficient (Wildman–Crippen LogP) is 3.94. The quantitative estimate of drug-likeness (QED) is 0.683.